The van der Waals surface area contributed by atoms with Gasteiger partial charge in [-0.15, -0.1) is 0 Å². The minimum Gasteiger partial charge on any atom is -0.350 e. The van der Waals surface area contributed by atoms with Crippen LogP contribution in [0.4, 0.5) is 0 Å². The van der Waals surface area contributed by atoms with Crippen molar-refractivity contribution in [3.05, 3.63) is 77.2 Å². The van der Waals surface area contributed by atoms with Gasteiger partial charge in [0.15, 0.2) is 0 Å². The normalized spacial score (nSPS) is 12.3. The molecule has 142 valence electrons. The summed E-state index contributed by atoms with van der Waals surface area (Å²) in [6.07, 6.45) is 1.95. The van der Waals surface area contributed by atoms with Crippen LogP contribution in [0, 0.1) is 13.8 Å². The van der Waals surface area contributed by atoms with E-state index in [0.717, 1.165) is 38.9 Å². The lowest BCUT2D eigenvalue weighted by Crippen LogP contribution is -2.27. The molecule has 0 unspecified atom stereocenters. The van der Waals surface area contributed by atoms with Gasteiger partial charge in [-0.2, -0.15) is 5.10 Å². The molecule has 2 heterocycles. The Bertz CT molecular complexity index is 1150. The van der Waals surface area contributed by atoms with E-state index in [1.54, 1.807) is 4.68 Å². The van der Waals surface area contributed by atoms with Crippen LogP contribution in [0.25, 0.3) is 22.0 Å². The first-order chi connectivity index (χ1) is 13.4. The number of hydrogen-bond donors (Lipinski definition) is 2. The second-order valence-corrected chi connectivity index (χ2v) is 7.33. The summed E-state index contributed by atoms with van der Waals surface area (Å²) in [5, 5.41) is 8.57. The molecule has 0 bridgehead atoms. The fourth-order valence-electron chi connectivity index (χ4n) is 3.77. The summed E-state index contributed by atoms with van der Waals surface area (Å²) in [5.74, 6) is -0.122. The number of amides is 1. The molecule has 0 saturated carbocycles. The zero-order valence-corrected chi connectivity index (χ0v) is 16.6. The summed E-state index contributed by atoms with van der Waals surface area (Å²) in [5.41, 5.74) is 6.60. The van der Waals surface area contributed by atoms with Gasteiger partial charge in [0.25, 0.3) is 5.91 Å². The third kappa shape index (κ3) is 3.20. The first-order valence-corrected chi connectivity index (χ1v) is 9.43. The molecule has 0 aliphatic heterocycles. The van der Waals surface area contributed by atoms with Gasteiger partial charge >= 0.3 is 0 Å². The third-order valence-corrected chi connectivity index (χ3v) is 5.11. The topological polar surface area (TPSA) is 62.7 Å². The highest BCUT2D eigenvalue weighted by Crippen LogP contribution is 2.33. The summed E-state index contributed by atoms with van der Waals surface area (Å²) in [6, 6.07) is 16.1. The minimum absolute atomic E-state index is 0.122. The number of carbonyl (C=O) groups is 1. The molecule has 0 aliphatic carbocycles. The average molecular weight is 372 g/mol. The fraction of sp³-hybridized carbons (Fsp3) is 0.217. The highest BCUT2D eigenvalue weighted by atomic mass is 16.1. The number of aromatic amines is 1. The molecule has 0 aliphatic rings. The van der Waals surface area contributed by atoms with Crippen molar-refractivity contribution < 1.29 is 4.79 Å². The van der Waals surface area contributed by atoms with Crippen molar-refractivity contribution in [1.29, 1.82) is 0 Å². The molecule has 2 aromatic carbocycles. The number of nitrogens with one attached hydrogen (secondary N) is 2. The van der Waals surface area contributed by atoms with Crippen LogP contribution in [-0.2, 0) is 7.05 Å². The zero-order valence-electron chi connectivity index (χ0n) is 16.6. The summed E-state index contributed by atoms with van der Waals surface area (Å²) < 4.78 is 1.77. The van der Waals surface area contributed by atoms with E-state index in [9.17, 15) is 4.79 Å². The second kappa shape index (κ2) is 7.00. The molecule has 2 N–H and O–H groups in total. The predicted octanol–water partition coefficient (Wildman–Crippen LogP) is 4.68. The number of aromatic nitrogens is 3. The molecule has 0 fully saturated rings. The summed E-state index contributed by atoms with van der Waals surface area (Å²) in [6.45, 7) is 6.00. The highest BCUT2D eigenvalue weighted by molar-refractivity contribution is 6.09. The van der Waals surface area contributed by atoms with Crippen molar-refractivity contribution in [3.8, 4) is 11.1 Å². The monoisotopic (exact) mass is 372 g/mol. The Balaban J connectivity index is 1.77. The van der Waals surface area contributed by atoms with Gasteiger partial charge in [0.05, 0.1) is 11.7 Å². The van der Waals surface area contributed by atoms with Gasteiger partial charge in [-0.25, -0.2) is 0 Å². The van der Waals surface area contributed by atoms with Crippen LogP contribution in [0.5, 0.6) is 0 Å². The quantitative estimate of drug-likeness (QED) is 0.546. The number of H-pyrrole nitrogens is 1. The number of hydrogen-bond acceptors (Lipinski definition) is 2. The molecule has 4 aromatic rings. The summed E-state index contributed by atoms with van der Waals surface area (Å²) in [7, 11) is 1.89. The van der Waals surface area contributed by atoms with Crippen molar-refractivity contribution >= 4 is 16.8 Å². The van der Waals surface area contributed by atoms with E-state index >= 15 is 0 Å². The maximum Gasteiger partial charge on any atom is 0.268 e. The molecule has 28 heavy (non-hydrogen) atoms. The Morgan fingerprint density at radius 3 is 2.57 bits per heavy atom. The van der Waals surface area contributed by atoms with Crippen LogP contribution in [0.2, 0.25) is 0 Å². The van der Waals surface area contributed by atoms with Gasteiger partial charge < -0.3 is 10.3 Å². The number of carbonyl (C=O) groups excluding carboxylic acids is 1. The van der Waals surface area contributed by atoms with E-state index in [-0.39, 0.29) is 11.9 Å². The summed E-state index contributed by atoms with van der Waals surface area (Å²) in [4.78, 5) is 16.6. The highest BCUT2D eigenvalue weighted by Gasteiger charge is 2.22. The van der Waals surface area contributed by atoms with E-state index in [2.05, 4.69) is 34.5 Å². The van der Waals surface area contributed by atoms with E-state index in [1.165, 1.54) is 0 Å². The van der Waals surface area contributed by atoms with Gasteiger partial charge in [0.1, 0.15) is 5.69 Å². The Kier molecular flexibility index (Phi) is 4.51. The van der Waals surface area contributed by atoms with Crippen molar-refractivity contribution in [3.63, 3.8) is 0 Å². The van der Waals surface area contributed by atoms with Crippen molar-refractivity contribution in [2.24, 2.45) is 7.05 Å². The predicted molar refractivity (Wildman–Crippen MR) is 112 cm³/mol. The van der Waals surface area contributed by atoms with Gasteiger partial charge in [-0.1, -0.05) is 42.0 Å². The molecule has 4 rings (SSSR count). The first kappa shape index (κ1) is 18.0. The van der Waals surface area contributed by atoms with Crippen molar-refractivity contribution in [1.82, 2.24) is 20.1 Å². The van der Waals surface area contributed by atoms with Gasteiger partial charge in [-0.05, 0) is 38.5 Å². The zero-order chi connectivity index (χ0) is 19.8. The molecular weight excluding hydrogens is 348 g/mol. The van der Waals surface area contributed by atoms with Crippen LogP contribution in [0.15, 0.2) is 54.7 Å². The molecule has 1 atom stereocenters. The van der Waals surface area contributed by atoms with Crippen LogP contribution < -0.4 is 5.32 Å². The molecular formula is C23H24N4O. The van der Waals surface area contributed by atoms with Gasteiger partial charge in [-0.3, -0.25) is 9.48 Å². The van der Waals surface area contributed by atoms with Crippen LogP contribution in [0.3, 0.4) is 0 Å². The maximum atomic E-state index is 13.2. The van der Waals surface area contributed by atoms with E-state index in [0.29, 0.717) is 5.69 Å². The molecule has 0 spiro atoms. The lowest BCUT2D eigenvalue weighted by atomic mass is 10.00. The smallest absolute Gasteiger partial charge is 0.268 e. The Labute approximate surface area is 164 Å². The average Bonchev–Trinajstić information content (AvgIpc) is 3.21. The first-order valence-electron chi connectivity index (χ1n) is 9.43. The Morgan fingerprint density at radius 1 is 1.14 bits per heavy atom. The van der Waals surface area contributed by atoms with Crippen LogP contribution >= 0.6 is 0 Å². The molecule has 0 radical (unpaired) electrons. The SMILES string of the molecule is Cc1ccc2[nH]c(C(=O)N[C@@H](C)c3cn(C)nc3C)c(-c3ccccc3)c2c1. The van der Waals surface area contributed by atoms with E-state index < -0.39 is 0 Å². The third-order valence-electron chi connectivity index (χ3n) is 5.11. The molecule has 5 heteroatoms. The standard InChI is InChI=1S/C23H24N4O/c1-14-10-11-20-18(12-14)21(17-8-6-5-7-9-17)22(25-20)23(28)24-15(2)19-13-27(4)26-16(19)3/h5-13,15,25H,1-4H3,(H,24,28)/t15-/m0/s1. The van der Waals surface area contributed by atoms with Gasteiger partial charge in [0, 0.05) is 35.3 Å². The Morgan fingerprint density at radius 2 is 1.89 bits per heavy atom. The summed E-state index contributed by atoms with van der Waals surface area (Å²) >= 11 is 0. The van der Waals surface area contributed by atoms with E-state index in [1.807, 2.05) is 63.5 Å². The van der Waals surface area contributed by atoms with Crippen LogP contribution in [0.1, 0.15) is 40.3 Å². The largest absolute Gasteiger partial charge is 0.350 e. The van der Waals surface area contributed by atoms with Crippen LogP contribution in [-0.4, -0.2) is 20.7 Å². The number of nitrogens with zero attached hydrogens (tertiary/aromatic N) is 2. The number of aryl methyl sites for hydroxylation is 3. The minimum atomic E-state index is -0.141. The molecule has 5 nitrogen and oxygen atoms in total. The number of rotatable bonds is 4. The second-order valence-electron chi connectivity index (χ2n) is 7.33. The van der Waals surface area contributed by atoms with Crippen molar-refractivity contribution in [2.45, 2.75) is 26.8 Å². The number of benzene rings is 2. The number of fused-ring (bicyclic) bond motifs is 1. The molecule has 0 saturated heterocycles. The van der Waals surface area contributed by atoms with E-state index in [4.69, 9.17) is 0 Å². The van der Waals surface area contributed by atoms with Gasteiger partial charge in [0.2, 0.25) is 0 Å². The molecule has 1 amide bonds. The maximum absolute atomic E-state index is 13.2. The fourth-order valence-corrected chi connectivity index (χ4v) is 3.77. The lowest BCUT2D eigenvalue weighted by Gasteiger charge is -2.14. The Hall–Kier alpha value is -3.34. The molecule has 2 aromatic heterocycles. The van der Waals surface area contributed by atoms with Crippen molar-refractivity contribution in [2.75, 3.05) is 0 Å². The lowest BCUT2D eigenvalue weighted by molar-refractivity contribution is 0.0936.